The summed E-state index contributed by atoms with van der Waals surface area (Å²) in [5.41, 5.74) is 0. The van der Waals surface area contributed by atoms with Crippen LogP contribution < -0.4 is 0 Å². The van der Waals surface area contributed by atoms with Crippen LogP contribution in [-0.4, -0.2) is 42.6 Å². The van der Waals surface area contributed by atoms with Gasteiger partial charge in [0.05, 0.1) is 11.7 Å². The summed E-state index contributed by atoms with van der Waals surface area (Å²) < 4.78 is 25.0. The summed E-state index contributed by atoms with van der Waals surface area (Å²) in [7, 11) is -3.15. The molecule has 0 radical (unpaired) electrons. The molecule has 1 N–H and O–H groups in total. The lowest BCUT2D eigenvalue weighted by atomic mass is 9.99. The molecule has 1 rings (SSSR count). The van der Waals surface area contributed by atoms with Crippen molar-refractivity contribution in [2.45, 2.75) is 32.6 Å². The van der Waals surface area contributed by atoms with Crippen LogP contribution in [0.5, 0.6) is 0 Å². The molecule has 1 heterocycles. The van der Waals surface area contributed by atoms with Gasteiger partial charge in [0.25, 0.3) is 0 Å². The maximum atomic E-state index is 11.8. The molecule has 0 aromatic rings. The molecule has 0 unspecified atom stereocenters. The van der Waals surface area contributed by atoms with E-state index in [1.807, 2.05) is 6.92 Å². The van der Waals surface area contributed by atoms with E-state index in [9.17, 15) is 13.2 Å². The van der Waals surface area contributed by atoms with Gasteiger partial charge in [-0.2, -0.15) is 0 Å². The van der Waals surface area contributed by atoms with Crippen molar-refractivity contribution in [2.24, 2.45) is 5.92 Å². The quantitative estimate of drug-likeness (QED) is 0.786. The Morgan fingerprint density at radius 3 is 2.38 bits per heavy atom. The molecule has 0 aromatic heterocycles. The molecule has 1 saturated heterocycles. The Labute approximate surface area is 96.5 Å². The lowest BCUT2D eigenvalue weighted by molar-refractivity contribution is -0.142. The van der Waals surface area contributed by atoms with Crippen molar-refractivity contribution in [2.75, 3.05) is 18.8 Å². The van der Waals surface area contributed by atoms with Crippen LogP contribution in [0, 0.1) is 5.92 Å². The van der Waals surface area contributed by atoms with Crippen molar-refractivity contribution in [1.29, 1.82) is 0 Å². The van der Waals surface area contributed by atoms with Gasteiger partial charge in [-0.05, 0) is 19.3 Å². The average molecular weight is 249 g/mol. The largest absolute Gasteiger partial charge is 0.481 e. The SMILES string of the molecule is CCCCS(=O)(=O)N1CCC(C(=O)O)CC1. The Morgan fingerprint density at radius 1 is 1.38 bits per heavy atom. The van der Waals surface area contributed by atoms with Gasteiger partial charge >= 0.3 is 5.97 Å². The number of carboxylic acids is 1. The minimum Gasteiger partial charge on any atom is -0.481 e. The number of carboxylic acid groups (broad SMARTS) is 1. The summed E-state index contributed by atoms with van der Waals surface area (Å²) >= 11 is 0. The molecule has 1 aliphatic rings. The van der Waals surface area contributed by atoms with Crippen molar-refractivity contribution < 1.29 is 18.3 Å². The van der Waals surface area contributed by atoms with E-state index >= 15 is 0 Å². The highest BCUT2D eigenvalue weighted by molar-refractivity contribution is 7.89. The molecule has 94 valence electrons. The van der Waals surface area contributed by atoms with Gasteiger partial charge in [-0.25, -0.2) is 12.7 Å². The fourth-order valence-electron chi connectivity index (χ4n) is 1.84. The molecule has 0 bridgehead atoms. The zero-order valence-electron chi connectivity index (χ0n) is 9.55. The number of rotatable bonds is 5. The summed E-state index contributed by atoms with van der Waals surface area (Å²) in [6.45, 7) is 2.65. The smallest absolute Gasteiger partial charge is 0.306 e. The first-order valence-corrected chi connectivity index (χ1v) is 7.29. The lowest BCUT2D eigenvalue weighted by Crippen LogP contribution is -2.41. The molecule has 6 heteroatoms. The number of hydrogen-bond donors (Lipinski definition) is 1. The molecule has 16 heavy (non-hydrogen) atoms. The zero-order chi connectivity index (χ0) is 12.2. The minimum atomic E-state index is -3.15. The monoisotopic (exact) mass is 249 g/mol. The Kier molecular flexibility index (Phi) is 4.73. The average Bonchev–Trinajstić information content (AvgIpc) is 2.26. The van der Waals surface area contributed by atoms with Gasteiger partial charge in [-0.3, -0.25) is 4.79 Å². The molecule has 0 aromatic carbocycles. The number of unbranched alkanes of at least 4 members (excludes halogenated alkanes) is 1. The second kappa shape index (κ2) is 5.63. The summed E-state index contributed by atoms with van der Waals surface area (Å²) in [6, 6.07) is 0. The molecular formula is C10H19NO4S. The van der Waals surface area contributed by atoms with E-state index in [4.69, 9.17) is 5.11 Å². The van der Waals surface area contributed by atoms with Crippen LogP contribution in [0.4, 0.5) is 0 Å². The number of nitrogens with zero attached hydrogens (tertiary/aromatic N) is 1. The van der Waals surface area contributed by atoms with Crippen LogP contribution in [-0.2, 0) is 14.8 Å². The van der Waals surface area contributed by atoms with Crippen LogP contribution in [0.25, 0.3) is 0 Å². The first-order valence-electron chi connectivity index (χ1n) is 5.68. The second-order valence-corrected chi connectivity index (χ2v) is 6.27. The standard InChI is InChI=1S/C10H19NO4S/c1-2-3-8-16(14,15)11-6-4-9(5-7-11)10(12)13/h9H,2-8H2,1H3,(H,12,13). The summed E-state index contributed by atoms with van der Waals surface area (Å²) in [6.07, 6.45) is 2.38. The third-order valence-corrected chi connectivity index (χ3v) is 4.91. The van der Waals surface area contributed by atoms with Gasteiger partial charge in [0.15, 0.2) is 0 Å². The Bertz CT molecular complexity index is 331. The topological polar surface area (TPSA) is 74.7 Å². The van der Waals surface area contributed by atoms with Crippen molar-refractivity contribution in [3.05, 3.63) is 0 Å². The first-order chi connectivity index (χ1) is 7.47. The van der Waals surface area contributed by atoms with Gasteiger partial charge in [-0.1, -0.05) is 13.3 Å². The van der Waals surface area contributed by atoms with Crippen molar-refractivity contribution >= 4 is 16.0 Å². The van der Waals surface area contributed by atoms with E-state index in [-0.39, 0.29) is 11.7 Å². The van der Waals surface area contributed by atoms with Crippen LogP contribution >= 0.6 is 0 Å². The predicted molar refractivity (Wildman–Crippen MR) is 60.6 cm³/mol. The maximum Gasteiger partial charge on any atom is 0.306 e. The molecule has 0 saturated carbocycles. The van der Waals surface area contributed by atoms with E-state index in [0.717, 1.165) is 6.42 Å². The van der Waals surface area contributed by atoms with E-state index in [0.29, 0.717) is 32.4 Å². The van der Waals surface area contributed by atoms with Crippen LogP contribution in [0.3, 0.4) is 0 Å². The molecule has 0 spiro atoms. The highest BCUT2D eigenvalue weighted by Crippen LogP contribution is 2.20. The van der Waals surface area contributed by atoms with E-state index in [2.05, 4.69) is 0 Å². The number of carbonyl (C=O) groups is 1. The van der Waals surface area contributed by atoms with E-state index in [1.165, 1.54) is 4.31 Å². The molecule has 0 amide bonds. The number of hydrogen-bond acceptors (Lipinski definition) is 3. The molecular weight excluding hydrogens is 230 g/mol. The van der Waals surface area contributed by atoms with Gasteiger partial charge in [0.2, 0.25) is 10.0 Å². The number of piperidine rings is 1. The Morgan fingerprint density at radius 2 is 1.94 bits per heavy atom. The lowest BCUT2D eigenvalue weighted by Gasteiger charge is -2.29. The molecule has 0 atom stereocenters. The highest BCUT2D eigenvalue weighted by atomic mass is 32.2. The predicted octanol–water partition coefficient (Wildman–Crippen LogP) is 0.913. The van der Waals surface area contributed by atoms with E-state index < -0.39 is 16.0 Å². The number of aliphatic carboxylic acids is 1. The van der Waals surface area contributed by atoms with Gasteiger partial charge in [-0.15, -0.1) is 0 Å². The highest BCUT2D eigenvalue weighted by Gasteiger charge is 2.30. The van der Waals surface area contributed by atoms with Crippen LogP contribution in [0.1, 0.15) is 32.6 Å². The van der Waals surface area contributed by atoms with E-state index in [1.54, 1.807) is 0 Å². The molecule has 5 nitrogen and oxygen atoms in total. The third-order valence-electron chi connectivity index (χ3n) is 2.95. The fraction of sp³-hybridized carbons (Fsp3) is 0.900. The molecule has 1 fully saturated rings. The Balaban J connectivity index is 2.50. The molecule has 1 aliphatic heterocycles. The molecule has 0 aliphatic carbocycles. The Hall–Kier alpha value is -0.620. The first kappa shape index (κ1) is 13.4. The van der Waals surface area contributed by atoms with Gasteiger partial charge < -0.3 is 5.11 Å². The van der Waals surface area contributed by atoms with Gasteiger partial charge in [0, 0.05) is 13.1 Å². The van der Waals surface area contributed by atoms with Gasteiger partial charge in [0.1, 0.15) is 0 Å². The maximum absolute atomic E-state index is 11.8. The normalized spacial score (nSPS) is 19.8. The summed E-state index contributed by atoms with van der Waals surface area (Å²) in [5.74, 6) is -1.01. The van der Waals surface area contributed by atoms with Crippen LogP contribution in [0.15, 0.2) is 0 Å². The van der Waals surface area contributed by atoms with Crippen molar-refractivity contribution in [3.63, 3.8) is 0 Å². The fourth-order valence-corrected chi connectivity index (χ4v) is 3.52. The summed E-state index contributed by atoms with van der Waals surface area (Å²) in [4.78, 5) is 10.7. The minimum absolute atomic E-state index is 0.182. The van der Waals surface area contributed by atoms with Crippen LogP contribution in [0.2, 0.25) is 0 Å². The zero-order valence-corrected chi connectivity index (χ0v) is 10.4. The summed E-state index contributed by atoms with van der Waals surface area (Å²) in [5, 5.41) is 8.80. The van der Waals surface area contributed by atoms with Crippen molar-refractivity contribution in [3.8, 4) is 0 Å². The van der Waals surface area contributed by atoms with Crippen molar-refractivity contribution in [1.82, 2.24) is 4.31 Å². The third kappa shape index (κ3) is 3.45. The second-order valence-electron chi connectivity index (χ2n) is 4.18. The number of sulfonamides is 1.